The van der Waals surface area contributed by atoms with E-state index >= 15 is 0 Å². The molecule has 2 N–H and O–H groups in total. The summed E-state index contributed by atoms with van der Waals surface area (Å²) in [6, 6.07) is 3.25. The Bertz CT molecular complexity index is 438. The molecule has 0 heterocycles. The highest BCUT2D eigenvalue weighted by Crippen LogP contribution is 2.34. The summed E-state index contributed by atoms with van der Waals surface area (Å²) in [6.07, 6.45) is 0. The number of hydrogen-bond donors (Lipinski definition) is 1. The molecule has 0 aliphatic rings. The lowest BCUT2D eigenvalue weighted by molar-refractivity contribution is -0.152. The highest BCUT2D eigenvalue weighted by molar-refractivity contribution is 6.30. The second-order valence-electron chi connectivity index (χ2n) is 4.36. The van der Waals surface area contributed by atoms with Gasteiger partial charge in [0.05, 0.1) is 12.5 Å². The summed E-state index contributed by atoms with van der Waals surface area (Å²) in [6.45, 7) is 3.20. The van der Waals surface area contributed by atoms with Crippen LogP contribution in [0.25, 0.3) is 0 Å². The second-order valence-corrected chi connectivity index (χ2v) is 4.79. The molecule has 0 fully saturated rings. The Kier molecular flexibility index (Phi) is 6.07. The number of benzene rings is 1. The molecule has 0 amide bonds. The normalized spacial score (nSPS) is 12.6. The highest BCUT2D eigenvalue weighted by Gasteiger charge is 2.37. The van der Waals surface area contributed by atoms with E-state index in [0.29, 0.717) is 5.02 Å². The summed E-state index contributed by atoms with van der Waals surface area (Å²) < 4.78 is 18.3. The van der Waals surface area contributed by atoms with Crippen molar-refractivity contribution >= 4 is 30.0 Å². The molecule has 0 unspecified atom stereocenters. The number of halogens is 3. The van der Waals surface area contributed by atoms with Gasteiger partial charge in [0.1, 0.15) is 5.82 Å². The Labute approximate surface area is 117 Å². The molecule has 1 rings (SSSR count). The number of hydrogen-bond acceptors (Lipinski definition) is 3. The van der Waals surface area contributed by atoms with E-state index in [9.17, 15) is 9.18 Å². The van der Waals surface area contributed by atoms with Crippen molar-refractivity contribution in [2.24, 2.45) is 11.1 Å². The number of rotatable bonds is 3. The zero-order valence-corrected chi connectivity index (χ0v) is 11.9. The number of carbonyl (C=O) groups is 1. The summed E-state index contributed by atoms with van der Waals surface area (Å²) in [5.74, 6) is -0.983. The van der Waals surface area contributed by atoms with E-state index in [1.54, 1.807) is 13.8 Å². The maximum absolute atomic E-state index is 13.6. The maximum atomic E-state index is 13.6. The molecule has 0 saturated heterocycles. The van der Waals surface area contributed by atoms with Crippen LogP contribution >= 0.6 is 24.0 Å². The zero-order valence-electron chi connectivity index (χ0n) is 10.4. The molecule has 6 heteroatoms. The fourth-order valence-corrected chi connectivity index (χ4v) is 1.71. The molecule has 3 nitrogen and oxygen atoms in total. The van der Waals surface area contributed by atoms with E-state index in [-0.39, 0.29) is 18.0 Å². The Morgan fingerprint density at radius 3 is 2.56 bits per heavy atom. The Morgan fingerprint density at radius 2 is 2.06 bits per heavy atom. The molecule has 1 atom stereocenters. The molecule has 0 saturated carbocycles. The fourth-order valence-electron chi connectivity index (χ4n) is 1.53. The second kappa shape index (κ2) is 6.36. The molecule has 0 aliphatic carbocycles. The van der Waals surface area contributed by atoms with Crippen LogP contribution in [0.15, 0.2) is 18.2 Å². The van der Waals surface area contributed by atoms with Gasteiger partial charge >= 0.3 is 5.97 Å². The van der Waals surface area contributed by atoms with Crippen LogP contribution in [0.2, 0.25) is 5.02 Å². The van der Waals surface area contributed by atoms with Crippen molar-refractivity contribution in [3.8, 4) is 0 Å². The van der Waals surface area contributed by atoms with Crippen molar-refractivity contribution in [1.82, 2.24) is 0 Å². The summed E-state index contributed by atoms with van der Waals surface area (Å²) in [5.41, 5.74) is 5.09. The van der Waals surface area contributed by atoms with E-state index in [1.807, 2.05) is 0 Å². The van der Waals surface area contributed by atoms with Gasteiger partial charge in [-0.15, -0.1) is 12.4 Å². The summed E-state index contributed by atoms with van der Waals surface area (Å²) in [5, 5.41) is 0.373. The molecule has 0 aliphatic heterocycles. The van der Waals surface area contributed by atoms with Gasteiger partial charge in [-0.2, -0.15) is 0 Å². The molecular formula is C12H16Cl2FNO2. The minimum absolute atomic E-state index is 0. The number of nitrogens with two attached hydrogens (primary N) is 1. The third kappa shape index (κ3) is 3.34. The van der Waals surface area contributed by atoms with Crippen LogP contribution < -0.4 is 5.73 Å². The van der Waals surface area contributed by atoms with Crippen molar-refractivity contribution in [2.75, 3.05) is 7.11 Å². The summed E-state index contributed by atoms with van der Waals surface area (Å²) >= 11 is 5.79. The molecule has 0 aromatic heterocycles. The van der Waals surface area contributed by atoms with Gasteiger partial charge in [0, 0.05) is 16.6 Å². The smallest absolute Gasteiger partial charge is 0.313 e. The molecule has 18 heavy (non-hydrogen) atoms. The lowest BCUT2D eigenvalue weighted by Crippen LogP contribution is -2.37. The highest BCUT2D eigenvalue weighted by atomic mass is 35.5. The first-order chi connectivity index (χ1) is 7.80. The van der Waals surface area contributed by atoms with E-state index < -0.39 is 23.2 Å². The number of carbonyl (C=O) groups excluding carboxylic acids is 1. The Morgan fingerprint density at radius 1 is 1.50 bits per heavy atom. The van der Waals surface area contributed by atoms with Gasteiger partial charge in [-0.05, 0) is 32.0 Å². The van der Waals surface area contributed by atoms with Gasteiger partial charge < -0.3 is 10.5 Å². The molecule has 1 aromatic carbocycles. The van der Waals surface area contributed by atoms with Crippen molar-refractivity contribution < 1.29 is 13.9 Å². The maximum Gasteiger partial charge on any atom is 0.313 e. The predicted octanol–water partition coefficient (Wildman–Crippen LogP) is 3.10. The van der Waals surface area contributed by atoms with Gasteiger partial charge in [-0.1, -0.05) is 11.6 Å². The molecule has 0 bridgehead atoms. The van der Waals surface area contributed by atoms with Gasteiger partial charge in [0.25, 0.3) is 0 Å². The quantitative estimate of drug-likeness (QED) is 0.872. The minimum Gasteiger partial charge on any atom is -0.469 e. The van der Waals surface area contributed by atoms with Crippen molar-refractivity contribution in [2.45, 2.75) is 19.9 Å². The zero-order chi connectivity index (χ0) is 13.2. The van der Waals surface area contributed by atoms with Crippen molar-refractivity contribution in [3.63, 3.8) is 0 Å². The van der Waals surface area contributed by atoms with Crippen LogP contribution in [-0.2, 0) is 9.53 Å². The van der Waals surface area contributed by atoms with Crippen LogP contribution in [0.1, 0.15) is 25.5 Å². The largest absolute Gasteiger partial charge is 0.469 e. The topological polar surface area (TPSA) is 52.3 Å². The lowest BCUT2D eigenvalue weighted by atomic mass is 9.81. The molecule has 1 aromatic rings. The first-order valence-electron chi connectivity index (χ1n) is 5.09. The fraction of sp³-hybridized carbons (Fsp3) is 0.417. The van der Waals surface area contributed by atoms with E-state index in [0.717, 1.165) is 0 Å². The Balaban J connectivity index is 0.00000289. The summed E-state index contributed by atoms with van der Waals surface area (Å²) in [7, 11) is 1.27. The van der Waals surface area contributed by atoms with Gasteiger partial charge in [0.2, 0.25) is 0 Å². The first-order valence-corrected chi connectivity index (χ1v) is 5.47. The molecular weight excluding hydrogens is 280 g/mol. The van der Waals surface area contributed by atoms with Crippen LogP contribution in [0.4, 0.5) is 4.39 Å². The first kappa shape index (κ1) is 17.2. The van der Waals surface area contributed by atoms with E-state index in [4.69, 9.17) is 17.3 Å². The average Bonchev–Trinajstić information content (AvgIpc) is 2.30. The molecule has 102 valence electrons. The third-order valence-corrected chi connectivity index (χ3v) is 3.02. The van der Waals surface area contributed by atoms with Crippen LogP contribution in [0, 0.1) is 11.2 Å². The van der Waals surface area contributed by atoms with Crippen LogP contribution in [-0.4, -0.2) is 13.1 Å². The van der Waals surface area contributed by atoms with Crippen molar-refractivity contribution in [1.29, 1.82) is 0 Å². The summed E-state index contributed by atoms with van der Waals surface area (Å²) in [4.78, 5) is 11.6. The number of methoxy groups -OCH3 is 1. The standard InChI is InChI=1S/C12H15ClFNO2.ClH/c1-12(2,11(16)17-3)10(15)8-6-7(13)4-5-9(8)14;/h4-6,10H,15H2,1-3H3;1H/t10-;/m1./s1. The molecule has 0 spiro atoms. The minimum atomic E-state index is -1.03. The van der Waals surface area contributed by atoms with E-state index in [1.165, 1.54) is 25.3 Å². The van der Waals surface area contributed by atoms with Gasteiger partial charge in [0.15, 0.2) is 0 Å². The molecule has 0 radical (unpaired) electrons. The van der Waals surface area contributed by atoms with E-state index in [2.05, 4.69) is 4.74 Å². The number of esters is 1. The Hall–Kier alpha value is -0.840. The van der Waals surface area contributed by atoms with Crippen LogP contribution in [0.5, 0.6) is 0 Å². The SMILES string of the molecule is COC(=O)C(C)(C)[C@H](N)c1cc(Cl)ccc1F.Cl. The van der Waals surface area contributed by atoms with Crippen molar-refractivity contribution in [3.05, 3.63) is 34.6 Å². The third-order valence-electron chi connectivity index (χ3n) is 2.78. The lowest BCUT2D eigenvalue weighted by Gasteiger charge is -2.29. The van der Waals surface area contributed by atoms with Crippen LogP contribution in [0.3, 0.4) is 0 Å². The van der Waals surface area contributed by atoms with Gasteiger partial charge in [-0.3, -0.25) is 4.79 Å². The predicted molar refractivity (Wildman–Crippen MR) is 71.4 cm³/mol. The van der Waals surface area contributed by atoms with Gasteiger partial charge in [-0.25, -0.2) is 4.39 Å². The number of ether oxygens (including phenoxy) is 1. The average molecular weight is 296 g/mol. The monoisotopic (exact) mass is 295 g/mol.